The minimum absolute atomic E-state index is 0.0167. The molecule has 0 radical (unpaired) electrons. The Morgan fingerprint density at radius 2 is 1.76 bits per heavy atom. The molecule has 176 valence electrons. The predicted molar refractivity (Wildman–Crippen MR) is 123 cm³/mol. The van der Waals surface area contributed by atoms with Crippen LogP contribution in [0.3, 0.4) is 0 Å². The van der Waals surface area contributed by atoms with Crippen molar-refractivity contribution in [3.8, 4) is 0 Å². The van der Waals surface area contributed by atoms with Crippen LogP contribution < -0.4 is 16.4 Å². The second-order valence-corrected chi connectivity index (χ2v) is 8.23. The van der Waals surface area contributed by atoms with Crippen LogP contribution in [0.15, 0.2) is 58.5 Å². The number of thioether (sulfide) groups is 1. The van der Waals surface area contributed by atoms with E-state index in [1.54, 1.807) is 48.5 Å². The quantitative estimate of drug-likeness (QED) is 0.307. The van der Waals surface area contributed by atoms with Crippen molar-refractivity contribution in [3.63, 3.8) is 0 Å². The molecule has 2 amide bonds. The number of fused-ring (bicyclic) bond motifs is 2. The molecule has 0 atom stereocenters. The van der Waals surface area contributed by atoms with Gasteiger partial charge in [0.05, 0.1) is 16.4 Å². The van der Waals surface area contributed by atoms with E-state index in [4.69, 9.17) is 0 Å². The first kappa shape index (κ1) is 23.4. The van der Waals surface area contributed by atoms with Gasteiger partial charge in [0.25, 0.3) is 23.1 Å². The van der Waals surface area contributed by atoms with Crippen LogP contribution in [-0.2, 0) is 17.9 Å². The van der Waals surface area contributed by atoms with Crippen molar-refractivity contribution in [1.29, 1.82) is 0 Å². The maximum absolute atomic E-state index is 13.0. The van der Waals surface area contributed by atoms with E-state index < -0.39 is 17.6 Å². The molecule has 0 unspecified atom stereocenters. The fourth-order valence-corrected chi connectivity index (χ4v) is 4.11. The highest BCUT2D eigenvalue weighted by Crippen LogP contribution is 2.28. The number of hydrogen-bond donors (Lipinski definition) is 2. The average molecular weight is 487 g/mol. The molecule has 2 aromatic heterocycles. The largest absolute Gasteiger partial charge is 0.309 e. The third-order valence-corrected chi connectivity index (χ3v) is 5.65. The van der Waals surface area contributed by atoms with Gasteiger partial charge >= 0.3 is 0 Å². The molecular weight excluding hydrogens is 466 g/mol. The summed E-state index contributed by atoms with van der Waals surface area (Å²) in [6, 6.07) is 13.3. The SMILES string of the molecule is CCCn1nc(C(=O)NNC(=O)Cn2c(SC(F)F)nc3ccccc32)c2ccccc2c1=O. The summed E-state index contributed by atoms with van der Waals surface area (Å²) in [4.78, 5) is 42.1. The van der Waals surface area contributed by atoms with E-state index >= 15 is 0 Å². The van der Waals surface area contributed by atoms with Crippen molar-refractivity contribution >= 4 is 45.4 Å². The number of benzene rings is 2. The van der Waals surface area contributed by atoms with E-state index in [1.807, 2.05) is 6.92 Å². The van der Waals surface area contributed by atoms with Gasteiger partial charge in [-0.25, -0.2) is 9.67 Å². The Morgan fingerprint density at radius 1 is 1.06 bits per heavy atom. The normalized spacial score (nSPS) is 11.3. The average Bonchev–Trinajstić information content (AvgIpc) is 3.15. The lowest BCUT2D eigenvalue weighted by molar-refractivity contribution is -0.122. The number of carbonyl (C=O) groups is 2. The Labute approximate surface area is 196 Å². The van der Waals surface area contributed by atoms with E-state index in [9.17, 15) is 23.2 Å². The molecule has 0 bridgehead atoms. The number of nitrogens with one attached hydrogen (secondary N) is 2. The summed E-state index contributed by atoms with van der Waals surface area (Å²) in [6.45, 7) is 1.86. The Morgan fingerprint density at radius 3 is 2.50 bits per heavy atom. The van der Waals surface area contributed by atoms with Crippen LogP contribution in [0.2, 0.25) is 0 Å². The number of aryl methyl sites for hydroxylation is 1. The number of imidazole rings is 1. The first-order valence-corrected chi connectivity index (χ1v) is 11.3. The van der Waals surface area contributed by atoms with Crippen LogP contribution >= 0.6 is 11.8 Å². The number of para-hydroxylation sites is 2. The molecule has 2 aromatic carbocycles. The zero-order chi connectivity index (χ0) is 24.2. The van der Waals surface area contributed by atoms with Gasteiger partial charge in [0.15, 0.2) is 10.9 Å². The molecule has 0 fully saturated rings. The fourth-order valence-electron chi connectivity index (χ4n) is 3.51. The second kappa shape index (κ2) is 10.00. The lowest BCUT2D eigenvalue weighted by Crippen LogP contribution is -2.44. The number of rotatable bonds is 7. The summed E-state index contributed by atoms with van der Waals surface area (Å²) in [5.74, 6) is -4.08. The Bertz CT molecular complexity index is 1440. The van der Waals surface area contributed by atoms with Crippen molar-refractivity contribution in [2.24, 2.45) is 0 Å². The number of aromatic nitrogens is 4. The minimum Gasteiger partial charge on any atom is -0.309 e. The molecular formula is C22H20F2N6O3S. The number of nitrogens with zero attached hydrogens (tertiary/aromatic N) is 4. The minimum atomic E-state index is -2.71. The van der Waals surface area contributed by atoms with Gasteiger partial charge in [0.2, 0.25) is 0 Å². The van der Waals surface area contributed by atoms with Crippen LogP contribution in [0, 0.1) is 0 Å². The molecule has 4 aromatic rings. The van der Waals surface area contributed by atoms with Crippen LogP contribution in [0.1, 0.15) is 23.8 Å². The molecule has 0 aliphatic rings. The smallest absolute Gasteiger partial charge is 0.291 e. The van der Waals surface area contributed by atoms with Gasteiger partial charge in [0, 0.05) is 11.9 Å². The van der Waals surface area contributed by atoms with Gasteiger partial charge in [0.1, 0.15) is 6.54 Å². The summed E-state index contributed by atoms with van der Waals surface area (Å²) < 4.78 is 28.5. The van der Waals surface area contributed by atoms with Crippen LogP contribution in [0.5, 0.6) is 0 Å². The summed E-state index contributed by atoms with van der Waals surface area (Å²) in [5.41, 5.74) is 5.22. The number of amides is 2. The number of hydrazine groups is 1. The highest BCUT2D eigenvalue weighted by molar-refractivity contribution is 7.99. The molecule has 2 heterocycles. The van der Waals surface area contributed by atoms with E-state index in [0.29, 0.717) is 34.8 Å². The van der Waals surface area contributed by atoms with E-state index in [2.05, 4.69) is 20.9 Å². The highest BCUT2D eigenvalue weighted by Gasteiger charge is 2.20. The topological polar surface area (TPSA) is 111 Å². The number of hydrogen-bond acceptors (Lipinski definition) is 6. The van der Waals surface area contributed by atoms with Gasteiger partial charge in [-0.15, -0.1) is 0 Å². The second-order valence-electron chi connectivity index (χ2n) is 7.27. The molecule has 12 heteroatoms. The van der Waals surface area contributed by atoms with Crippen molar-refractivity contribution in [2.45, 2.75) is 37.3 Å². The molecule has 0 saturated carbocycles. The van der Waals surface area contributed by atoms with Crippen molar-refractivity contribution in [1.82, 2.24) is 30.2 Å². The molecule has 2 N–H and O–H groups in total. The molecule has 9 nitrogen and oxygen atoms in total. The molecule has 34 heavy (non-hydrogen) atoms. The Balaban J connectivity index is 1.55. The molecule has 0 aliphatic carbocycles. The predicted octanol–water partition coefficient (Wildman–Crippen LogP) is 2.93. The third-order valence-electron chi connectivity index (χ3n) is 4.95. The van der Waals surface area contributed by atoms with Gasteiger partial charge in [-0.1, -0.05) is 37.3 Å². The first-order chi connectivity index (χ1) is 16.4. The Hall–Kier alpha value is -3.80. The van der Waals surface area contributed by atoms with Crippen molar-refractivity contribution in [3.05, 3.63) is 64.6 Å². The van der Waals surface area contributed by atoms with E-state index in [0.717, 1.165) is 0 Å². The third kappa shape index (κ3) is 4.76. The van der Waals surface area contributed by atoms with Gasteiger partial charge < -0.3 is 4.57 Å². The van der Waals surface area contributed by atoms with E-state index in [-0.39, 0.29) is 34.7 Å². The van der Waals surface area contributed by atoms with E-state index in [1.165, 1.54) is 9.25 Å². The number of carbonyl (C=O) groups excluding carboxylic acids is 2. The Kier molecular flexibility index (Phi) is 6.87. The van der Waals surface area contributed by atoms with Crippen LogP contribution in [0.4, 0.5) is 8.78 Å². The van der Waals surface area contributed by atoms with Crippen LogP contribution in [0.25, 0.3) is 21.8 Å². The number of alkyl halides is 2. The fraction of sp³-hybridized carbons (Fsp3) is 0.227. The molecule has 0 aliphatic heterocycles. The molecule has 0 saturated heterocycles. The summed E-state index contributed by atoms with van der Waals surface area (Å²) in [7, 11) is 0. The number of halogens is 2. The standard InChI is InChI=1S/C22H20F2N6O3S/c1-2-11-30-20(33)14-8-4-3-7-13(14)18(28-30)19(32)27-26-17(31)12-29-16-10-6-5-9-15(16)25-22(29)34-21(23)24/h3-10,21H,2,11-12H2,1H3,(H,26,31)(H,27,32). The maximum Gasteiger partial charge on any atom is 0.291 e. The van der Waals surface area contributed by atoms with Gasteiger partial charge in [-0.05, 0) is 36.4 Å². The molecule has 0 spiro atoms. The first-order valence-electron chi connectivity index (χ1n) is 10.4. The van der Waals surface area contributed by atoms with Crippen molar-refractivity contribution < 1.29 is 18.4 Å². The lowest BCUT2D eigenvalue weighted by Gasteiger charge is -2.12. The van der Waals surface area contributed by atoms with Crippen LogP contribution in [-0.4, -0.2) is 36.9 Å². The lowest BCUT2D eigenvalue weighted by atomic mass is 10.1. The summed E-state index contributed by atoms with van der Waals surface area (Å²) in [6.07, 6.45) is 0.640. The maximum atomic E-state index is 13.0. The van der Waals surface area contributed by atoms with Gasteiger partial charge in [-0.3, -0.25) is 25.2 Å². The zero-order valence-corrected chi connectivity index (χ0v) is 18.8. The van der Waals surface area contributed by atoms with Gasteiger partial charge in [-0.2, -0.15) is 13.9 Å². The zero-order valence-electron chi connectivity index (χ0n) is 18.0. The summed E-state index contributed by atoms with van der Waals surface area (Å²) >= 11 is 0.232. The summed E-state index contributed by atoms with van der Waals surface area (Å²) in [5, 5.41) is 4.84. The molecule has 4 rings (SSSR count). The highest BCUT2D eigenvalue weighted by atomic mass is 32.2. The monoisotopic (exact) mass is 486 g/mol. The van der Waals surface area contributed by atoms with Crippen molar-refractivity contribution in [2.75, 3.05) is 0 Å².